The van der Waals surface area contributed by atoms with Crippen LogP contribution in [0.1, 0.15) is 38.5 Å². The average Bonchev–Trinajstić information content (AvgIpc) is 2.75. The van der Waals surface area contributed by atoms with Gasteiger partial charge >= 0.3 is 0 Å². The summed E-state index contributed by atoms with van der Waals surface area (Å²) < 4.78 is 24.2. The maximum atomic E-state index is 12.3. The fourth-order valence-electron chi connectivity index (χ4n) is 2.58. The maximum absolute atomic E-state index is 12.3. The van der Waals surface area contributed by atoms with E-state index in [1.807, 2.05) is 7.05 Å². The Kier molecular flexibility index (Phi) is 2.60. The van der Waals surface area contributed by atoms with E-state index in [2.05, 4.69) is 5.32 Å². The van der Waals surface area contributed by atoms with Gasteiger partial charge in [0.1, 0.15) is 0 Å². The van der Waals surface area contributed by atoms with Gasteiger partial charge in [-0.25, -0.2) is 8.42 Å². The van der Waals surface area contributed by atoms with Crippen LogP contribution < -0.4 is 5.32 Å². The van der Waals surface area contributed by atoms with Gasteiger partial charge in [-0.15, -0.1) is 0 Å². The van der Waals surface area contributed by atoms with Gasteiger partial charge in [0, 0.05) is 6.54 Å². The second kappa shape index (κ2) is 3.49. The SMILES string of the molecule is CNCC1(S(=O)(=O)C2CCCC2)CC1. The van der Waals surface area contributed by atoms with Crippen molar-refractivity contribution >= 4 is 9.84 Å². The van der Waals surface area contributed by atoms with E-state index in [0.717, 1.165) is 38.5 Å². The molecule has 0 bridgehead atoms. The summed E-state index contributed by atoms with van der Waals surface area (Å²) in [6, 6.07) is 0. The van der Waals surface area contributed by atoms with Crippen molar-refractivity contribution in [2.24, 2.45) is 0 Å². The van der Waals surface area contributed by atoms with Crippen LogP contribution in [0.3, 0.4) is 0 Å². The molecule has 1 N–H and O–H groups in total. The molecule has 2 rings (SSSR count). The molecule has 2 fully saturated rings. The van der Waals surface area contributed by atoms with E-state index < -0.39 is 9.84 Å². The van der Waals surface area contributed by atoms with E-state index in [1.165, 1.54) is 0 Å². The molecular weight excluding hydrogens is 198 g/mol. The molecule has 4 heteroatoms. The Morgan fingerprint density at radius 1 is 1.29 bits per heavy atom. The summed E-state index contributed by atoms with van der Waals surface area (Å²) in [6.07, 6.45) is 5.72. The highest BCUT2D eigenvalue weighted by Gasteiger charge is 2.56. The predicted molar refractivity (Wildman–Crippen MR) is 57.1 cm³/mol. The normalized spacial score (nSPS) is 26.6. The molecule has 0 saturated heterocycles. The molecule has 0 aromatic heterocycles. The molecule has 0 amide bonds. The minimum atomic E-state index is -2.85. The van der Waals surface area contributed by atoms with E-state index in [1.54, 1.807) is 0 Å². The van der Waals surface area contributed by atoms with E-state index in [-0.39, 0.29) is 10.00 Å². The summed E-state index contributed by atoms with van der Waals surface area (Å²) in [4.78, 5) is 0. The van der Waals surface area contributed by atoms with Gasteiger partial charge in [0.2, 0.25) is 0 Å². The Balaban J connectivity index is 2.15. The van der Waals surface area contributed by atoms with E-state index in [9.17, 15) is 8.42 Å². The van der Waals surface area contributed by atoms with Gasteiger partial charge < -0.3 is 5.32 Å². The van der Waals surface area contributed by atoms with Crippen LogP contribution in [0.25, 0.3) is 0 Å². The minimum absolute atomic E-state index is 0.0293. The van der Waals surface area contributed by atoms with Gasteiger partial charge in [0.15, 0.2) is 9.84 Å². The summed E-state index contributed by atoms with van der Waals surface area (Å²) in [5, 5.41) is 2.99. The zero-order valence-corrected chi connectivity index (χ0v) is 9.57. The zero-order chi connectivity index (χ0) is 10.2. The molecule has 0 unspecified atom stereocenters. The number of hydrogen-bond acceptors (Lipinski definition) is 3. The summed E-state index contributed by atoms with van der Waals surface area (Å²) >= 11 is 0. The number of nitrogens with one attached hydrogen (secondary N) is 1. The molecule has 14 heavy (non-hydrogen) atoms. The molecule has 0 atom stereocenters. The quantitative estimate of drug-likeness (QED) is 0.767. The van der Waals surface area contributed by atoms with Gasteiger partial charge in [0.05, 0.1) is 10.00 Å². The first kappa shape index (κ1) is 10.4. The molecule has 0 radical (unpaired) electrons. The van der Waals surface area contributed by atoms with Gasteiger partial charge in [-0.05, 0) is 32.7 Å². The van der Waals surface area contributed by atoms with E-state index >= 15 is 0 Å². The minimum Gasteiger partial charge on any atom is -0.318 e. The lowest BCUT2D eigenvalue weighted by molar-refractivity contribution is 0.553. The van der Waals surface area contributed by atoms with Crippen LogP contribution in [0.4, 0.5) is 0 Å². The highest BCUT2D eigenvalue weighted by molar-refractivity contribution is 7.93. The Morgan fingerprint density at radius 2 is 1.86 bits per heavy atom. The molecule has 0 aliphatic heterocycles. The van der Waals surface area contributed by atoms with Crippen LogP contribution in [0.15, 0.2) is 0 Å². The maximum Gasteiger partial charge on any atom is 0.160 e. The monoisotopic (exact) mass is 217 g/mol. The highest BCUT2D eigenvalue weighted by atomic mass is 32.2. The van der Waals surface area contributed by atoms with Crippen molar-refractivity contribution in [2.45, 2.75) is 48.5 Å². The van der Waals surface area contributed by atoms with E-state index in [0.29, 0.717) is 6.54 Å². The Hall–Kier alpha value is -0.0900. The van der Waals surface area contributed by atoms with Crippen molar-refractivity contribution in [3.8, 4) is 0 Å². The predicted octanol–water partition coefficient (Wildman–Crippen LogP) is 1.10. The van der Waals surface area contributed by atoms with Gasteiger partial charge in [-0.3, -0.25) is 0 Å². The molecule has 3 nitrogen and oxygen atoms in total. The molecule has 2 aliphatic rings. The summed E-state index contributed by atoms with van der Waals surface area (Å²) in [5.74, 6) is 0. The fraction of sp³-hybridized carbons (Fsp3) is 1.00. The smallest absolute Gasteiger partial charge is 0.160 e. The third kappa shape index (κ3) is 1.48. The topological polar surface area (TPSA) is 46.2 Å². The van der Waals surface area contributed by atoms with Gasteiger partial charge in [0.25, 0.3) is 0 Å². The lowest BCUT2D eigenvalue weighted by atomic mass is 10.4. The second-order valence-electron chi connectivity index (χ2n) is 4.66. The largest absolute Gasteiger partial charge is 0.318 e. The molecule has 0 heterocycles. The standard InChI is InChI=1S/C10H19NO2S/c1-11-8-10(6-7-10)14(12,13)9-4-2-3-5-9/h9,11H,2-8H2,1H3. The molecule has 0 spiro atoms. The first-order chi connectivity index (χ1) is 6.62. The molecule has 0 aromatic rings. The first-order valence-electron chi connectivity index (χ1n) is 5.50. The summed E-state index contributed by atoms with van der Waals surface area (Å²) in [6.45, 7) is 0.645. The summed E-state index contributed by atoms with van der Waals surface area (Å²) in [7, 11) is -1.01. The molecule has 2 saturated carbocycles. The molecule has 82 valence electrons. The molecular formula is C10H19NO2S. The van der Waals surface area contributed by atoms with Crippen molar-refractivity contribution in [3.05, 3.63) is 0 Å². The third-order valence-corrected chi connectivity index (χ3v) is 6.76. The number of sulfone groups is 1. The van der Waals surface area contributed by atoms with E-state index in [4.69, 9.17) is 0 Å². The first-order valence-corrected chi connectivity index (χ1v) is 7.05. The van der Waals surface area contributed by atoms with Crippen LogP contribution in [-0.2, 0) is 9.84 Å². The average molecular weight is 217 g/mol. The molecule has 0 aromatic carbocycles. The zero-order valence-electron chi connectivity index (χ0n) is 8.75. The van der Waals surface area contributed by atoms with Crippen LogP contribution in [0.2, 0.25) is 0 Å². The second-order valence-corrected chi connectivity index (χ2v) is 7.29. The summed E-state index contributed by atoms with van der Waals surface area (Å²) in [5.41, 5.74) is 0. The number of rotatable bonds is 4. The van der Waals surface area contributed by atoms with Crippen molar-refractivity contribution in [3.63, 3.8) is 0 Å². The Labute approximate surface area is 86.2 Å². The number of hydrogen-bond donors (Lipinski definition) is 1. The van der Waals surface area contributed by atoms with Gasteiger partial charge in [-0.2, -0.15) is 0 Å². The van der Waals surface area contributed by atoms with Crippen LogP contribution in [0.5, 0.6) is 0 Å². The van der Waals surface area contributed by atoms with Crippen LogP contribution in [0, 0.1) is 0 Å². The lowest BCUT2D eigenvalue weighted by Gasteiger charge is -2.20. The Bertz CT molecular complexity index is 300. The van der Waals surface area contributed by atoms with Crippen LogP contribution >= 0.6 is 0 Å². The fourth-order valence-corrected chi connectivity index (χ4v) is 5.25. The van der Waals surface area contributed by atoms with Crippen molar-refractivity contribution in [1.82, 2.24) is 5.32 Å². The van der Waals surface area contributed by atoms with Crippen molar-refractivity contribution in [1.29, 1.82) is 0 Å². The van der Waals surface area contributed by atoms with Crippen LogP contribution in [-0.4, -0.2) is 32.0 Å². The lowest BCUT2D eigenvalue weighted by Crippen LogP contribution is -2.39. The highest BCUT2D eigenvalue weighted by Crippen LogP contribution is 2.47. The van der Waals surface area contributed by atoms with Gasteiger partial charge in [-0.1, -0.05) is 12.8 Å². The Morgan fingerprint density at radius 3 is 2.29 bits per heavy atom. The van der Waals surface area contributed by atoms with Crippen molar-refractivity contribution in [2.75, 3.05) is 13.6 Å². The molecule has 2 aliphatic carbocycles. The third-order valence-electron chi connectivity index (χ3n) is 3.65. The van der Waals surface area contributed by atoms with Crippen molar-refractivity contribution < 1.29 is 8.42 Å².